The molecule has 0 aromatic heterocycles. The van der Waals surface area contributed by atoms with Gasteiger partial charge in [-0.1, -0.05) is 30.3 Å². The van der Waals surface area contributed by atoms with Crippen molar-refractivity contribution in [2.45, 2.75) is 32.2 Å². The lowest BCUT2D eigenvalue weighted by Crippen LogP contribution is -2.24. The van der Waals surface area contributed by atoms with E-state index in [1.807, 2.05) is 18.2 Å². The number of hydrogen-bond donors (Lipinski definition) is 1. The van der Waals surface area contributed by atoms with Crippen molar-refractivity contribution in [3.63, 3.8) is 0 Å². The highest BCUT2D eigenvalue weighted by molar-refractivity contribution is 5.82. The van der Waals surface area contributed by atoms with E-state index in [1.165, 1.54) is 5.56 Å². The summed E-state index contributed by atoms with van der Waals surface area (Å²) in [6.07, 6.45) is 1.89. The maximum atomic E-state index is 12.0. The summed E-state index contributed by atoms with van der Waals surface area (Å²) in [5.74, 6) is -0.670. The molecule has 4 nitrogen and oxygen atoms in total. The SMILES string of the molecule is O=C(O)CCC1CCN(Cc2ccccc2)CCC1=O. The maximum Gasteiger partial charge on any atom is 0.303 e. The van der Waals surface area contributed by atoms with Gasteiger partial charge in [-0.15, -0.1) is 0 Å². The topological polar surface area (TPSA) is 57.6 Å². The highest BCUT2D eigenvalue weighted by Gasteiger charge is 2.24. The lowest BCUT2D eigenvalue weighted by atomic mass is 9.94. The molecule has 1 N–H and O–H groups in total. The first-order chi connectivity index (χ1) is 9.65. The number of Topliss-reactive ketones (excluding diaryl/α,β-unsaturated/α-hetero) is 1. The summed E-state index contributed by atoms with van der Waals surface area (Å²) < 4.78 is 0. The Kier molecular flexibility index (Phi) is 5.30. The standard InChI is InChI=1S/C16H21NO3/c18-15-9-11-17(12-13-4-2-1-3-5-13)10-8-14(15)6-7-16(19)20/h1-5,14H,6-12H2,(H,19,20). The third-order valence-electron chi connectivity index (χ3n) is 3.88. The molecular weight excluding hydrogens is 254 g/mol. The third kappa shape index (κ3) is 4.46. The van der Waals surface area contributed by atoms with Crippen LogP contribution in [0.5, 0.6) is 0 Å². The molecule has 20 heavy (non-hydrogen) atoms. The zero-order valence-electron chi connectivity index (χ0n) is 11.6. The van der Waals surface area contributed by atoms with Crippen LogP contribution in [0, 0.1) is 5.92 Å². The van der Waals surface area contributed by atoms with E-state index in [1.54, 1.807) is 0 Å². The summed E-state index contributed by atoms with van der Waals surface area (Å²) in [6.45, 7) is 2.50. The van der Waals surface area contributed by atoms with Gasteiger partial charge < -0.3 is 5.11 Å². The lowest BCUT2D eigenvalue weighted by Gasteiger charge is -2.19. The second-order valence-electron chi connectivity index (χ2n) is 5.40. The van der Waals surface area contributed by atoms with Crippen molar-refractivity contribution < 1.29 is 14.7 Å². The first-order valence-electron chi connectivity index (χ1n) is 7.16. The molecule has 4 heteroatoms. The second-order valence-corrected chi connectivity index (χ2v) is 5.40. The van der Waals surface area contributed by atoms with Crippen LogP contribution in [0.1, 0.15) is 31.2 Å². The number of benzene rings is 1. The minimum Gasteiger partial charge on any atom is -0.481 e. The van der Waals surface area contributed by atoms with Crippen molar-refractivity contribution in [1.29, 1.82) is 0 Å². The van der Waals surface area contributed by atoms with Gasteiger partial charge in [-0.25, -0.2) is 0 Å². The van der Waals surface area contributed by atoms with Crippen LogP contribution in [0.3, 0.4) is 0 Å². The highest BCUT2D eigenvalue weighted by atomic mass is 16.4. The van der Waals surface area contributed by atoms with Crippen LogP contribution < -0.4 is 0 Å². The van der Waals surface area contributed by atoms with E-state index in [-0.39, 0.29) is 18.1 Å². The Morgan fingerprint density at radius 1 is 1.25 bits per heavy atom. The molecule has 0 spiro atoms. The number of likely N-dealkylation sites (tertiary alicyclic amines) is 1. The van der Waals surface area contributed by atoms with Crippen molar-refractivity contribution in [3.05, 3.63) is 35.9 Å². The van der Waals surface area contributed by atoms with Gasteiger partial charge in [0.1, 0.15) is 5.78 Å². The summed E-state index contributed by atoms with van der Waals surface area (Å²) in [4.78, 5) is 24.9. The van der Waals surface area contributed by atoms with E-state index >= 15 is 0 Å². The number of carbonyl (C=O) groups is 2. The summed E-state index contributed by atoms with van der Waals surface area (Å²) in [5.41, 5.74) is 1.25. The smallest absolute Gasteiger partial charge is 0.303 e. The molecule has 0 saturated carbocycles. The van der Waals surface area contributed by atoms with Gasteiger partial charge >= 0.3 is 5.97 Å². The number of hydrogen-bond acceptors (Lipinski definition) is 3. The van der Waals surface area contributed by atoms with Gasteiger partial charge in [0.2, 0.25) is 0 Å². The van der Waals surface area contributed by atoms with Crippen molar-refractivity contribution >= 4 is 11.8 Å². The number of nitrogens with zero attached hydrogens (tertiary/aromatic N) is 1. The molecule has 1 aromatic rings. The minimum absolute atomic E-state index is 0.0770. The fraction of sp³-hybridized carbons (Fsp3) is 0.500. The Labute approximate surface area is 119 Å². The fourth-order valence-electron chi connectivity index (χ4n) is 2.69. The van der Waals surface area contributed by atoms with Gasteiger partial charge in [0.05, 0.1) is 0 Å². The van der Waals surface area contributed by atoms with E-state index in [0.717, 1.165) is 26.1 Å². The molecule has 1 heterocycles. The Morgan fingerprint density at radius 3 is 2.70 bits per heavy atom. The highest BCUT2D eigenvalue weighted by Crippen LogP contribution is 2.20. The van der Waals surface area contributed by atoms with Gasteiger partial charge in [-0.3, -0.25) is 14.5 Å². The summed E-state index contributed by atoms with van der Waals surface area (Å²) in [7, 11) is 0. The second kappa shape index (κ2) is 7.20. The summed E-state index contributed by atoms with van der Waals surface area (Å²) in [5, 5.41) is 8.73. The van der Waals surface area contributed by atoms with Gasteiger partial charge in [-0.05, 0) is 24.9 Å². The molecule has 1 saturated heterocycles. The summed E-state index contributed by atoms with van der Waals surface area (Å²) >= 11 is 0. The minimum atomic E-state index is -0.816. The van der Waals surface area contributed by atoms with Crippen molar-refractivity contribution in [3.8, 4) is 0 Å². The van der Waals surface area contributed by atoms with E-state index in [0.29, 0.717) is 12.8 Å². The average Bonchev–Trinajstić information content (AvgIpc) is 2.61. The molecule has 0 amide bonds. The third-order valence-corrected chi connectivity index (χ3v) is 3.88. The van der Waals surface area contributed by atoms with Crippen LogP contribution in [0.25, 0.3) is 0 Å². The molecule has 1 unspecified atom stereocenters. The molecular formula is C16H21NO3. The molecule has 0 bridgehead atoms. The predicted molar refractivity (Wildman–Crippen MR) is 76.3 cm³/mol. The normalized spacial score (nSPS) is 20.6. The molecule has 2 rings (SSSR count). The Hall–Kier alpha value is -1.68. The largest absolute Gasteiger partial charge is 0.481 e. The number of carbonyl (C=O) groups excluding carboxylic acids is 1. The van der Waals surface area contributed by atoms with Gasteiger partial charge in [0, 0.05) is 31.8 Å². The molecule has 1 aliphatic rings. The zero-order valence-corrected chi connectivity index (χ0v) is 11.6. The monoisotopic (exact) mass is 275 g/mol. The van der Waals surface area contributed by atoms with E-state index in [9.17, 15) is 9.59 Å². The Morgan fingerprint density at radius 2 is 2.00 bits per heavy atom. The zero-order chi connectivity index (χ0) is 14.4. The molecule has 1 atom stereocenters. The number of aliphatic carboxylic acids is 1. The van der Waals surface area contributed by atoms with Crippen LogP contribution >= 0.6 is 0 Å². The molecule has 1 fully saturated rings. The van der Waals surface area contributed by atoms with Crippen LogP contribution in [0.4, 0.5) is 0 Å². The van der Waals surface area contributed by atoms with Gasteiger partial charge in [0.15, 0.2) is 0 Å². The lowest BCUT2D eigenvalue weighted by molar-refractivity contribution is -0.137. The van der Waals surface area contributed by atoms with Gasteiger partial charge in [0.25, 0.3) is 0 Å². The van der Waals surface area contributed by atoms with Crippen LogP contribution in [0.15, 0.2) is 30.3 Å². The molecule has 1 aromatic carbocycles. The molecule has 108 valence electrons. The Balaban J connectivity index is 1.87. The van der Waals surface area contributed by atoms with E-state index in [4.69, 9.17) is 5.11 Å². The average molecular weight is 275 g/mol. The van der Waals surface area contributed by atoms with Crippen LogP contribution in [-0.2, 0) is 16.1 Å². The Bertz CT molecular complexity index is 458. The van der Waals surface area contributed by atoms with Crippen molar-refractivity contribution in [1.82, 2.24) is 4.90 Å². The quantitative estimate of drug-likeness (QED) is 0.896. The number of ketones is 1. The number of carboxylic acids is 1. The van der Waals surface area contributed by atoms with Crippen molar-refractivity contribution in [2.75, 3.05) is 13.1 Å². The summed E-state index contributed by atoms with van der Waals surface area (Å²) in [6, 6.07) is 10.2. The number of rotatable bonds is 5. The van der Waals surface area contributed by atoms with Gasteiger partial charge in [-0.2, -0.15) is 0 Å². The van der Waals surface area contributed by atoms with E-state index in [2.05, 4.69) is 17.0 Å². The fourth-order valence-corrected chi connectivity index (χ4v) is 2.69. The molecule has 0 radical (unpaired) electrons. The number of carboxylic acid groups (broad SMARTS) is 1. The predicted octanol–water partition coefficient (Wildman–Crippen LogP) is 2.33. The maximum absolute atomic E-state index is 12.0. The molecule has 1 aliphatic heterocycles. The van der Waals surface area contributed by atoms with Crippen LogP contribution in [-0.4, -0.2) is 34.8 Å². The van der Waals surface area contributed by atoms with Crippen LogP contribution in [0.2, 0.25) is 0 Å². The van der Waals surface area contributed by atoms with Crippen molar-refractivity contribution in [2.24, 2.45) is 5.92 Å². The van der Waals surface area contributed by atoms with E-state index < -0.39 is 5.97 Å². The first-order valence-corrected chi connectivity index (χ1v) is 7.16. The first kappa shape index (κ1) is 14.7. The molecule has 0 aliphatic carbocycles.